The number of nitrogens with one attached hydrogen (secondary N) is 2. The van der Waals surface area contributed by atoms with E-state index in [1.807, 2.05) is 73.6 Å². The Morgan fingerprint density at radius 1 is 1.17 bits per heavy atom. The Morgan fingerprint density at radius 3 is 2.55 bits per heavy atom. The van der Waals surface area contributed by atoms with Crippen LogP contribution in [0.3, 0.4) is 0 Å². The van der Waals surface area contributed by atoms with E-state index in [2.05, 4.69) is 10.6 Å². The highest BCUT2D eigenvalue weighted by Crippen LogP contribution is 2.27. The molecule has 2 atom stereocenters. The predicted octanol–water partition coefficient (Wildman–Crippen LogP) is 2.40. The van der Waals surface area contributed by atoms with Crippen LogP contribution in [0.5, 0.6) is 5.75 Å². The van der Waals surface area contributed by atoms with E-state index in [-0.39, 0.29) is 18.0 Å². The number of rotatable bonds is 7. The van der Waals surface area contributed by atoms with Crippen molar-refractivity contribution in [3.8, 4) is 5.75 Å². The van der Waals surface area contributed by atoms with Crippen LogP contribution in [-0.4, -0.2) is 57.2 Å². The first-order chi connectivity index (χ1) is 14.0. The number of urea groups is 1. The molecule has 7 nitrogen and oxygen atoms in total. The molecule has 0 bridgehead atoms. The number of hydrogen-bond acceptors (Lipinski definition) is 4. The zero-order chi connectivity index (χ0) is 20.8. The van der Waals surface area contributed by atoms with Crippen molar-refractivity contribution in [2.24, 2.45) is 0 Å². The third kappa shape index (κ3) is 4.86. The largest absolute Gasteiger partial charge is 0.496 e. The molecule has 3 rings (SSSR count). The number of hydrogen-bond donors (Lipinski definition) is 2. The first-order valence-electron chi connectivity index (χ1n) is 9.71. The number of carbonyl (C=O) groups is 2. The highest BCUT2D eigenvalue weighted by atomic mass is 16.5. The Morgan fingerprint density at radius 2 is 1.86 bits per heavy atom. The van der Waals surface area contributed by atoms with Gasteiger partial charge in [0.15, 0.2) is 0 Å². The first-order valence-corrected chi connectivity index (χ1v) is 9.71. The lowest BCUT2D eigenvalue weighted by atomic mass is 10.0. The number of ether oxygens (including phenoxy) is 1. The van der Waals surface area contributed by atoms with Crippen LogP contribution in [-0.2, 0) is 4.79 Å². The quantitative estimate of drug-likeness (QED) is 0.754. The van der Waals surface area contributed by atoms with E-state index in [1.165, 1.54) is 0 Å². The van der Waals surface area contributed by atoms with Crippen LogP contribution in [0.25, 0.3) is 0 Å². The maximum absolute atomic E-state index is 12.7. The molecule has 3 amide bonds. The molecular formula is C22H28N4O3. The highest BCUT2D eigenvalue weighted by Gasteiger charge is 2.33. The van der Waals surface area contributed by atoms with Gasteiger partial charge in [0.2, 0.25) is 5.91 Å². The van der Waals surface area contributed by atoms with Gasteiger partial charge in [-0.15, -0.1) is 0 Å². The summed E-state index contributed by atoms with van der Waals surface area (Å²) in [4.78, 5) is 28.8. The Labute approximate surface area is 171 Å². The van der Waals surface area contributed by atoms with Gasteiger partial charge in [-0.1, -0.05) is 36.4 Å². The molecule has 0 spiro atoms. The number of nitrogens with zero attached hydrogens (tertiary/aromatic N) is 2. The third-order valence-electron chi connectivity index (χ3n) is 5.16. The van der Waals surface area contributed by atoms with Gasteiger partial charge in [-0.3, -0.25) is 4.79 Å². The van der Waals surface area contributed by atoms with Gasteiger partial charge >= 0.3 is 6.03 Å². The molecule has 0 radical (unpaired) electrons. The fraction of sp³-hybridized carbons (Fsp3) is 0.364. The number of anilines is 1. The van der Waals surface area contributed by atoms with E-state index in [9.17, 15) is 9.59 Å². The highest BCUT2D eigenvalue weighted by molar-refractivity contribution is 6.01. The van der Waals surface area contributed by atoms with Gasteiger partial charge in [0.05, 0.1) is 13.2 Å². The lowest BCUT2D eigenvalue weighted by molar-refractivity contribution is -0.118. The monoisotopic (exact) mass is 396 g/mol. The van der Waals surface area contributed by atoms with Crippen LogP contribution in [0, 0.1) is 0 Å². The Bertz CT molecular complexity index is 841. The second kappa shape index (κ2) is 9.43. The maximum Gasteiger partial charge on any atom is 0.315 e. The Kier molecular flexibility index (Phi) is 6.72. The van der Waals surface area contributed by atoms with Crippen LogP contribution < -0.4 is 20.3 Å². The molecule has 0 aliphatic carbocycles. The summed E-state index contributed by atoms with van der Waals surface area (Å²) in [7, 11) is 5.54. The average Bonchev–Trinajstić information content (AvgIpc) is 3.09. The van der Waals surface area contributed by atoms with E-state index in [0.717, 1.165) is 17.0 Å². The molecule has 2 N–H and O–H groups in total. The van der Waals surface area contributed by atoms with Gasteiger partial charge in [0.25, 0.3) is 0 Å². The molecule has 1 saturated heterocycles. The summed E-state index contributed by atoms with van der Waals surface area (Å²) in [5.74, 6) is 0.693. The second-order valence-corrected chi connectivity index (χ2v) is 7.24. The molecule has 7 heteroatoms. The minimum Gasteiger partial charge on any atom is -0.496 e. The number of benzene rings is 2. The molecule has 29 heavy (non-hydrogen) atoms. The van der Waals surface area contributed by atoms with E-state index in [4.69, 9.17) is 4.74 Å². The van der Waals surface area contributed by atoms with Crippen molar-refractivity contribution in [3.05, 3.63) is 60.2 Å². The Hall–Kier alpha value is -3.06. The fourth-order valence-corrected chi connectivity index (χ4v) is 3.59. The molecule has 1 aliphatic rings. The molecule has 2 aromatic carbocycles. The van der Waals surface area contributed by atoms with Crippen molar-refractivity contribution in [3.63, 3.8) is 0 Å². The van der Waals surface area contributed by atoms with Gasteiger partial charge < -0.3 is 25.2 Å². The van der Waals surface area contributed by atoms with E-state index >= 15 is 0 Å². The topological polar surface area (TPSA) is 73.9 Å². The molecule has 154 valence electrons. The molecular weight excluding hydrogens is 368 g/mol. The molecule has 0 aromatic heterocycles. The van der Waals surface area contributed by atoms with Gasteiger partial charge in [0, 0.05) is 24.3 Å². The van der Waals surface area contributed by atoms with Crippen LogP contribution >= 0.6 is 0 Å². The summed E-state index contributed by atoms with van der Waals surface area (Å²) in [5.41, 5.74) is 1.85. The maximum atomic E-state index is 12.7. The number of methoxy groups -OCH3 is 1. The summed E-state index contributed by atoms with van der Waals surface area (Å²) in [6.45, 7) is 0.984. The zero-order valence-corrected chi connectivity index (χ0v) is 17.1. The van der Waals surface area contributed by atoms with E-state index in [1.54, 1.807) is 12.0 Å². The molecule has 1 heterocycles. The number of likely N-dealkylation sites (N-methyl/N-ethyl adjacent to an activating group) is 1. The summed E-state index contributed by atoms with van der Waals surface area (Å²) < 4.78 is 5.45. The van der Waals surface area contributed by atoms with Crippen molar-refractivity contribution >= 4 is 17.6 Å². The summed E-state index contributed by atoms with van der Waals surface area (Å²) in [5, 5.41) is 5.71. The van der Waals surface area contributed by atoms with Crippen molar-refractivity contribution in [2.45, 2.75) is 18.5 Å². The number of amides is 3. The van der Waals surface area contributed by atoms with Crippen LogP contribution in [0.15, 0.2) is 54.6 Å². The first kappa shape index (κ1) is 20.7. The van der Waals surface area contributed by atoms with Crippen molar-refractivity contribution in [2.75, 3.05) is 39.2 Å². The molecule has 2 aromatic rings. The van der Waals surface area contributed by atoms with Gasteiger partial charge in [-0.05, 0) is 38.7 Å². The number of carbonyl (C=O) groups excluding carboxylic acids is 2. The van der Waals surface area contributed by atoms with Gasteiger partial charge in [0.1, 0.15) is 11.8 Å². The summed E-state index contributed by atoms with van der Waals surface area (Å²) in [6, 6.07) is 16.3. The van der Waals surface area contributed by atoms with Gasteiger partial charge in [-0.2, -0.15) is 0 Å². The molecule has 0 saturated carbocycles. The standard InChI is InChI=1S/C22H28N4O3/c1-25(2)19(17-11-7-8-12-20(17)29-3)15-23-22(28)24-18-13-14-26(21(18)27)16-9-5-4-6-10-16/h4-12,18-19H,13-15H2,1-3H3,(H2,23,24,28). The molecule has 1 aliphatic heterocycles. The van der Waals surface area contributed by atoms with Crippen LogP contribution in [0.4, 0.5) is 10.5 Å². The minimum absolute atomic E-state index is 0.0583. The van der Waals surface area contributed by atoms with Crippen LogP contribution in [0.1, 0.15) is 18.0 Å². The Balaban J connectivity index is 1.58. The number of para-hydroxylation sites is 2. The van der Waals surface area contributed by atoms with Crippen molar-refractivity contribution < 1.29 is 14.3 Å². The lowest BCUT2D eigenvalue weighted by Crippen LogP contribution is -2.47. The average molecular weight is 396 g/mol. The molecule has 1 fully saturated rings. The summed E-state index contributed by atoms with van der Waals surface area (Å²) >= 11 is 0. The summed E-state index contributed by atoms with van der Waals surface area (Å²) in [6.07, 6.45) is 0.588. The smallest absolute Gasteiger partial charge is 0.315 e. The minimum atomic E-state index is -0.515. The third-order valence-corrected chi connectivity index (χ3v) is 5.16. The fourth-order valence-electron chi connectivity index (χ4n) is 3.59. The van der Waals surface area contributed by atoms with E-state index < -0.39 is 6.04 Å². The van der Waals surface area contributed by atoms with Crippen LogP contribution in [0.2, 0.25) is 0 Å². The SMILES string of the molecule is COc1ccccc1C(CNC(=O)NC1CCN(c2ccccc2)C1=O)N(C)C. The zero-order valence-electron chi connectivity index (χ0n) is 17.1. The van der Waals surface area contributed by atoms with Gasteiger partial charge in [-0.25, -0.2) is 4.79 Å². The normalized spacial score (nSPS) is 17.3. The van der Waals surface area contributed by atoms with Crippen molar-refractivity contribution in [1.82, 2.24) is 15.5 Å². The predicted molar refractivity (Wildman–Crippen MR) is 113 cm³/mol. The second-order valence-electron chi connectivity index (χ2n) is 7.24. The van der Waals surface area contributed by atoms with Crippen molar-refractivity contribution in [1.29, 1.82) is 0 Å². The lowest BCUT2D eigenvalue weighted by Gasteiger charge is -2.26. The van der Waals surface area contributed by atoms with E-state index in [0.29, 0.717) is 19.5 Å². The molecule has 2 unspecified atom stereocenters.